The van der Waals surface area contributed by atoms with E-state index in [1.54, 1.807) is 7.11 Å². The van der Waals surface area contributed by atoms with Crippen molar-refractivity contribution in [3.63, 3.8) is 0 Å². The molecule has 0 aliphatic heterocycles. The van der Waals surface area contributed by atoms with Crippen LogP contribution in [0.15, 0.2) is 18.2 Å². The molecule has 1 aromatic carbocycles. The van der Waals surface area contributed by atoms with Gasteiger partial charge < -0.3 is 10.1 Å². The molecule has 2 rings (SSSR count). The van der Waals surface area contributed by atoms with Gasteiger partial charge in [0.25, 0.3) is 0 Å². The first kappa shape index (κ1) is 10.3. The second-order valence-electron chi connectivity index (χ2n) is 4.47. The van der Waals surface area contributed by atoms with Crippen LogP contribution < -0.4 is 10.1 Å². The molecule has 0 unspecified atom stereocenters. The first-order valence-corrected chi connectivity index (χ1v) is 5.62. The van der Waals surface area contributed by atoms with Gasteiger partial charge in [-0.25, -0.2) is 0 Å². The van der Waals surface area contributed by atoms with E-state index >= 15 is 0 Å². The number of ether oxygens (including phenoxy) is 1. The monoisotopic (exact) mass is 205 g/mol. The molecule has 1 saturated carbocycles. The normalized spacial score (nSPS) is 17.3. The van der Waals surface area contributed by atoms with Gasteiger partial charge in [0.05, 0.1) is 12.8 Å². The van der Waals surface area contributed by atoms with E-state index < -0.39 is 0 Å². The fraction of sp³-hybridized carbons (Fsp3) is 0.538. The third-order valence-electron chi connectivity index (χ3n) is 3.07. The van der Waals surface area contributed by atoms with E-state index in [0.29, 0.717) is 6.04 Å². The van der Waals surface area contributed by atoms with Crippen LogP contribution in [0.2, 0.25) is 0 Å². The van der Waals surface area contributed by atoms with Gasteiger partial charge in [-0.1, -0.05) is 6.07 Å². The molecule has 0 saturated heterocycles. The summed E-state index contributed by atoms with van der Waals surface area (Å²) in [7, 11) is 1.72. The van der Waals surface area contributed by atoms with Gasteiger partial charge in [-0.3, -0.25) is 0 Å². The number of anilines is 1. The summed E-state index contributed by atoms with van der Waals surface area (Å²) < 4.78 is 5.34. The largest absolute Gasteiger partial charge is 0.495 e. The van der Waals surface area contributed by atoms with Crippen molar-refractivity contribution in [1.82, 2.24) is 0 Å². The average molecular weight is 205 g/mol. The van der Waals surface area contributed by atoms with Crippen molar-refractivity contribution in [3.05, 3.63) is 23.8 Å². The van der Waals surface area contributed by atoms with Crippen LogP contribution >= 0.6 is 0 Å². The maximum Gasteiger partial charge on any atom is 0.141 e. The first-order valence-electron chi connectivity index (χ1n) is 5.62. The summed E-state index contributed by atoms with van der Waals surface area (Å²) in [5.74, 6) is 1.79. The molecule has 0 aromatic heterocycles. The molecule has 2 nitrogen and oxygen atoms in total. The zero-order valence-electron chi connectivity index (χ0n) is 9.71. The molecule has 1 fully saturated rings. The summed E-state index contributed by atoms with van der Waals surface area (Å²) in [5.41, 5.74) is 2.39. The van der Waals surface area contributed by atoms with Crippen LogP contribution in [0.1, 0.15) is 25.3 Å². The van der Waals surface area contributed by atoms with Crippen molar-refractivity contribution in [3.8, 4) is 5.75 Å². The van der Waals surface area contributed by atoms with Gasteiger partial charge in [0, 0.05) is 6.04 Å². The Morgan fingerprint density at radius 3 is 2.73 bits per heavy atom. The van der Waals surface area contributed by atoms with Gasteiger partial charge in [-0.2, -0.15) is 0 Å². The summed E-state index contributed by atoms with van der Waals surface area (Å²) in [6.45, 7) is 4.35. The predicted molar refractivity (Wildman–Crippen MR) is 63.5 cm³/mol. The minimum Gasteiger partial charge on any atom is -0.495 e. The molecule has 0 spiro atoms. The highest BCUT2D eigenvalue weighted by atomic mass is 16.5. The number of aryl methyl sites for hydroxylation is 1. The molecule has 0 heterocycles. The van der Waals surface area contributed by atoms with E-state index in [1.165, 1.54) is 18.4 Å². The van der Waals surface area contributed by atoms with Crippen molar-refractivity contribution < 1.29 is 4.74 Å². The maximum atomic E-state index is 5.34. The molecule has 0 radical (unpaired) electrons. The summed E-state index contributed by atoms with van der Waals surface area (Å²) in [4.78, 5) is 0. The molecule has 1 aliphatic carbocycles. The van der Waals surface area contributed by atoms with Crippen LogP contribution in [-0.4, -0.2) is 13.2 Å². The molecule has 1 N–H and O–H groups in total. The van der Waals surface area contributed by atoms with Gasteiger partial charge in [-0.15, -0.1) is 0 Å². The smallest absolute Gasteiger partial charge is 0.141 e. The number of hydrogen-bond acceptors (Lipinski definition) is 2. The molecule has 82 valence electrons. The van der Waals surface area contributed by atoms with Gasteiger partial charge in [0.2, 0.25) is 0 Å². The lowest BCUT2D eigenvalue weighted by Crippen LogP contribution is -2.17. The SMILES string of the molecule is COc1ccc(C)cc1N[C@@H](C)C1CC1. The van der Waals surface area contributed by atoms with Crippen LogP contribution in [0.4, 0.5) is 5.69 Å². The van der Waals surface area contributed by atoms with Crippen molar-refractivity contribution >= 4 is 5.69 Å². The topological polar surface area (TPSA) is 21.3 Å². The molecule has 0 bridgehead atoms. The van der Waals surface area contributed by atoms with Crippen molar-refractivity contribution in [2.75, 3.05) is 12.4 Å². The van der Waals surface area contributed by atoms with Crippen molar-refractivity contribution in [1.29, 1.82) is 0 Å². The van der Waals surface area contributed by atoms with Crippen LogP contribution in [-0.2, 0) is 0 Å². The molecule has 1 atom stereocenters. The second-order valence-corrected chi connectivity index (χ2v) is 4.47. The fourth-order valence-electron chi connectivity index (χ4n) is 1.89. The van der Waals surface area contributed by atoms with Crippen LogP contribution in [0, 0.1) is 12.8 Å². The number of hydrogen-bond donors (Lipinski definition) is 1. The van der Waals surface area contributed by atoms with E-state index in [1.807, 2.05) is 6.07 Å². The highest BCUT2D eigenvalue weighted by Crippen LogP contribution is 2.35. The molecular weight excluding hydrogens is 186 g/mol. The Bertz CT molecular complexity index is 344. The Hall–Kier alpha value is -1.18. The van der Waals surface area contributed by atoms with Crippen LogP contribution in [0.3, 0.4) is 0 Å². The standard InChI is InChI=1S/C13H19NO/c1-9-4-7-13(15-3)12(8-9)14-10(2)11-5-6-11/h4,7-8,10-11,14H,5-6H2,1-3H3/t10-/m0/s1. The Morgan fingerprint density at radius 1 is 1.40 bits per heavy atom. The summed E-state index contributed by atoms with van der Waals surface area (Å²) in [5, 5.41) is 3.54. The zero-order valence-corrected chi connectivity index (χ0v) is 9.71. The highest BCUT2D eigenvalue weighted by Gasteiger charge is 2.28. The summed E-state index contributed by atoms with van der Waals surface area (Å²) in [6.07, 6.45) is 2.73. The Morgan fingerprint density at radius 2 is 2.13 bits per heavy atom. The molecule has 1 aliphatic rings. The number of methoxy groups -OCH3 is 1. The zero-order chi connectivity index (χ0) is 10.8. The summed E-state index contributed by atoms with van der Waals surface area (Å²) >= 11 is 0. The molecule has 1 aromatic rings. The predicted octanol–water partition coefficient (Wildman–Crippen LogP) is 3.21. The lowest BCUT2D eigenvalue weighted by atomic mass is 10.1. The third-order valence-corrected chi connectivity index (χ3v) is 3.07. The molecule has 2 heteroatoms. The minimum absolute atomic E-state index is 0.556. The number of nitrogens with one attached hydrogen (secondary N) is 1. The van der Waals surface area contributed by atoms with E-state index in [2.05, 4.69) is 31.3 Å². The highest BCUT2D eigenvalue weighted by molar-refractivity contribution is 5.58. The number of benzene rings is 1. The van der Waals surface area contributed by atoms with Crippen molar-refractivity contribution in [2.45, 2.75) is 32.7 Å². The van der Waals surface area contributed by atoms with E-state index in [9.17, 15) is 0 Å². The van der Waals surface area contributed by atoms with Gasteiger partial charge in [0.15, 0.2) is 0 Å². The van der Waals surface area contributed by atoms with Gasteiger partial charge in [0.1, 0.15) is 5.75 Å². The molecular formula is C13H19NO. The average Bonchev–Trinajstić information content (AvgIpc) is 3.01. The number of rotatable bonds is 4. The van der Waals surface area contributed by atoms with Crippen molar-refractivity contribution in [2.24, 2.45) is 5.92 Å². The second kappa shape index (κ2) is 4.13. The van der Waals surface area contributed by atoms with Gasteiger partial charge in [-0.05, 0) is 50.3 Å². The lowest BCUT2D eigenvalue weighted by Gasteiger charge is -2.17. The van der Waals surface area contributed by atoms with Gasteiger partial charge >= 0.3 is 0 Å². The Kier molecular flexibility index (Phi) is 2.85. The van der Waals surface area contributed by atoms with E-state index in [4.69, 9.17) is 4.74 Å². The van der Waals surface area contributed by atoms with Crippen LogP contribution in [0.25, 0.3) is 0 Å². The van der Waals surface area contributed by atoms with E-state index in [0.717, 1.165) is 17.4 Å². The maximum absolute atomic E-state index is 5.34. The third kappa shape index (κ3) is 2.44. The van der Waals surface area contributed by atoms with Crippen LogP contribution in [0.5, 0.6) is 5.75 Å². The Labute approximate surface area is 91.6 Å². The molecule has 15 heavy (non-hydrogen) atoms. The minimum atomic E-state index is 0.556. The first-order chi connectivity index (χ1) is 7.20. The Balaban J connectivity index is 2.13. The van der Waals surface area contributed by atoms with E-state index in [-0.39, 0.29) is 0 Å². The molecule has 0 amide bonds. The lowest BCUT2D eigenvalue weighted by molar-refractivity contribution is 0.415. The quantitative estimate of drug-likeness (QED) is 0.815. The summed E-state index contributed by atoms with van der Waals surface area (Å²) in [6, 6.07) is 6.81. The fourth-order valence-corrected chi connectivity index (χ4v) is 1.89.